The predicted octanol–water partition coefficient (Wildman–Crippen LogP) is 3.73. The van der Waals surface area contributed by atoms with E-state index in [9.17, 15) is 4.79 Å². The zero-order chi connectivity index (χ0) is 18.8. The predicted molar refractivity (Wildman–Crippen MR) is 105 cm³/mol. The first-order chi connectivity index (χ1) is 13.1. The van der Waals surface area contributed by atoms with Gasteiger partial charge in [0.05, 0.1) is 5.02 Å². The van der Waals surface area contributed by atoms with Crippen LogP contribution in [0.4, 0.5) is 5.95 Å². The van der Waals surface area contributed by atoms with E-state index in [4.69, 9.17) is 16.0 Å². The number of imidazole rings is 1. The third-order valence-electron chi connectivity index (χ3n) is 4.88. The molecule has 0 aliphatic carbocycles. The summed E-state index contributed by atoms with van der Waals surface area (Å²) in [6, 6.07) is 11.0. The Labute approximate surface area is 162 Å². The average Bonchev–Trinajstić information content (AvgIpc) is 3.32. The van der Waals surface area contributed by atoms with Gasteiger partial charge < -0.3 is 19.2 Å². The number of carbonyl (C=O) groups is 1. The van der Waals surface area contributed by atoms with Crippen LogP contribution in [0.1, 0.15) is 23.4 Å². The standard InChI is InChI=1S/C20H21ClN4O2/c1-24-13-10-22-20(24)25-11-8-14(9-12-25)23-19(26)18-7-6-17(27-18)15-4-2-3-5-16(15)21/h2-7,10,13-14H,8-9,11-12H2,1H3,(H,23,26). The molecule has 27 heavy (non-hydrogen) atoms. The summed E-state index contributed by atoms with van der Waals surface area (Å²) < 4.78 is 7.74. The van der Waals surface area contributed by atoms with E-state index in [1.54, 1.807) is 24.4 Å². The summed E-state index contributed by atoms with van der Waals surface area (Å²) in [5.41, 5.74) is 0.779. The molecule has 6 nitrogen and oxygen atoms in total. The lowest BCUT2D eigenvalue weighted by molar-refractivity contribution is 0.0903. The van der Waals surface area contributed by atoms with Crippen LogP contribution in [0.3, 0.4) is 0 Å². The third kappa shape index (κ3) is 3.71. The van der Waals surface area contributed by atoms with Gasteiger partial charge in [-0.25, -0.2) is 4.98 Å². The van der Waals surface area contributed by atoms with Gasteiger partial charge in [-0.05, 0) is 37.1 Å². The number of nitrogens with zero attached hydrogens (tertiary/aromatic N) is 3. The van der Waals surface area contributed by atoms with E-state index in [0.29, 0.717) is 16.5 Å². The summed E-state index contributed by atoms with van der Waals surface area (Å²) in [5, 5.41) is 3.67. The molecule has 0 bridgehead atoms. The Hall–Kier alpha value is -2.73. The topological polar surface area (TPSA) is 63.3 Å². The number of hydrogen-bond donors (Lipinski definition) is 1. The Morgan fingerprint density at radius 3 is 2.70 bits per heavy atom. The van der Waals surface area contributed by atoms with Crippen LogP contribution in [-0.4, -0.2) is 34.6 Å². The van der Waals surface area contributed by atoms with E-state index in [0.717, 1.165) is 37.4 Å². The van der Waals surface area contributed by atoms with Gasteiger partial charge in [0.2, 0.25) is 5.95 Å². The highest BCUT2D eigenvalue weighted by molar-refractivity contribution is 6.33. The summed E-state index contributed by atoms with van der Waals surface area (Å²) in [7, 11) is 1.99. The van der Waals surface area contributed by atoms with E-state index in [2.05, 4.69) is 15.2 Å². The summed E-state index contributed by atoms with van der Waals surface area (Å²) in [6.07, 6.45) is 5.49. The molecule has 0 saturated carbocycles. The maximum atomic E-state index is 12.5. The SMILES string of the molecule is Cn1ccnc1N1CCC(NC(=O)c2ccc(-c3ccccc3Cl)o2)CC1. The van der Waals surface area contributed by atoms with Crippen LogP contribution >= 0.6 is 11.6 Å². The number of aromatic nitrogens is 2. The number of nitrogens with one attached hydrogen (secondary N) is 1. The highest BCUT2D eigenvalue weighted by atomic mass is 35.5. The van der Waals surface area contributed by atoms with Gasteiger partial charge in [-0.3, -0.25) is 4.79 Å². The summed E-state index contributed by atoms with van der Waals surface area (Å²) in [4.78, 5) is 19.2. The average molecular weight is 385 g/mol. The lowest BCUT2D eigenvalue weighted by Gasteiger charge is -2.32. The quantitative estimate of drug-likeness (QED) is 0.744. The number of amides is 1. The van der Waals surface area contributed by atoms with E-state index < -0.39 is 0 Å². The number of furan rings is 1. The Balaban J connectivity index is 1.37. The molecular weight excluding hydrogens is 364 g/mol. The molecule has 1 fully saturated rings. The number of anilines is 1. The van der Waals surface area contributed by atoms with Gasteiger partial charge in [0.1, 0.15) is 5.76 Å². The largest absolute Gasteiger partial charge is 0.451 e. The molecule has 1 saturated heterocycles. The van der Waals surface area contributed by atoms with Crippen LogP contribution in [0.5, 0.6) is 0 Å². The van der Waals surface area contributed by atoms with Gasteiger partial charge >= 0.3 is 0 Å². The number of hydrogen-bond acceptors (Lipinski definition) is 4. The van der Waals surface area contributed by atoms with Crippen molar-refractivity contribution in [2.75, 3.05) is 18.0 Å². The zero-order valence-corrected chi connectivity index (χ0v) is 15.8. The molecule has 3 aromatic rings. The van der Waals surface area contributed by atoms with Crippen molar-refractivity contribution in [1.29, 1.82) is 0 Å². The highest BCUT2D eigenvalue weighted by Gasteiger charge is 2.24. The van der Waals surface area contributed by atoms with Crippen LogP contribution in [0, 0.1) is 0 Å². The van der Waals surface area contributed by atoms with Crippen LogP contribution in [0.2, 0.25) is 5.02 Å². The second-order valence-electron chi connectivity index (χ2n) is 6.72. The number of aryl methyl sites for hydroxylation is 1. The van der Waals surface area contributed by atoms with Crippen molar-refractivity contribution in [2.45, 2.75) is 18.9 Å². The minimum atomic E-state index is -0.191. The molecule has 0 atom stereocenters. The van der Waals surface area contributed by atoms with Crippen molar-refractivity contribution >= 4 is 23.5 Å². The molecule has 1 N–H and O–H groups in total. The van der Waals surface area contributed by atoms with Crippen molar-refractivity contribution in [1.82, 2.24) is 14.9 Å². The fourth-order valence-corrected chi connectivity index (χ4v) is 3.64. The monoisotopic (exact) mass is 384 g/mol. The highest BCUT2D eigenvalue weighted by Crippen LogP contribution is 2.29. The van der Waals surface area contributed by atoms with Gasteiger partial charge in [-0.2, -0.15) is 0 Å². The lowest BCUT2D eigenvalue weighted by Crippen LogP contribution is -2.45. The fourth-order valence-electron chi connectivity index (χ4n) is 3.41. The van der Waals surface area contributed by atoms with Crippen molar-refractivity contribution in [3.63, 3.8) is 0 Å². The Bertz CT molecular complexity index is 941. The minimum Gasteiger partial charge on any atom is -0.451 e. The molecule has 1 aliphatic heterocycles. The van der Waals surface area contributed by atoms with Gasteiger partial charge in [-0.15, -0.1) is 0 Å². The molecule has 7 heteroatoms. The van der Waals surface area contributed by atoms with E-state index in [1.807, 2.05) is 36.0 Å². The zero-order valence-electron chi connectivity index (χ0n) is 15.1. The molecule has 0 spiro atoms. The number of halogens is 1. The molecule has 3 heterocycles. The third-order valence-corrected chi connectivity index (χ3v) is 5.21. The molecule has 1 amide bonds. The summed E-state index contributed by atoms with van der Waals surface area (Å²) in [5.74, 6) is 1.67. The van der Waals surface area contributed by atoms with Gasteiger partial charge in [0.15, 0.2) is 5.76 Å². The van der Waals surface area contributed by atoms with Crippen LogP contribution < -0.4 is 10.2 Å². The van der Waals surface area contributed by atoms with Gasteiger partial charge in [0, 0.05) is 44.1 Å². The van der Waals surface area contributed by atoms with E-state index in [-0.39, 0.29) is 11.9 Å². The molecule has 1 aliphatic rings. The maximum Gasteiger partial charge on any atom is 0.287 e. The smallest absolute Gasteiger partial charge is 0.287 e. The summed E-state index contributed by atoms with van der Waals surface area (Å²) >= 11 is 6.20. The Kier molecular flexibility index (Phi) is 4.90. The molecule has 4 rings (SSSR count). The van der Waals surface area contributed by atoms with Crippen molar-refractivity contribution in [2.24, 2.45) is 7.05 Å². The molecule has 0 radical (unpaired) electrons. The number of piperidine rings is 1. The van der Waals surface area contributed by atoms with Crippen LogP contribution in [-0.2, 0) is 7.05 Å². The number of rotatable bonds is 4. The van der Waals surface area contributed by atoms with Crippen molar-refractivity contribution in [3.8, 4) is 11.3 Å². The molecule has 2 aromatic heterocycles. The van der Waals surface area contributed by atoms with Crippen LogP contribution in [0.15, 0.2) is 53.2 Å². The van der Waals surface area contributed by atoms with Gasteiger partial charge in [0.25, 0.3) is 5.91 Å². The molecule has 140 valence electrons. The number of benzene rings is 1. The van der Waals surface area contributed by atoms with Crippen molar-refractivity contribution in [3.05, 3.63) is 59.6 Å². The minimum absolute atomic E-state index is 0.128. The van der Waals surface area contributed by atoms with Crippen molar-refractivity contribution < 1.29 is 9.21 Å². The maximum absolute atomic E-state index is 12.5. The second kappa shape index (κ2) is 7.48. The number of carbonyl (C=O) groups excluding carboxylic acids is 1. The molecular formula is C20H21ClN4O2. The second-order valence-corrected chi connectivity index (χ2v) is 7.12. The fraction of sp³-hybridized carbons (Fsp3) is 0.300. The normalized spacial score (nSPS) is 15.1. The first-order valence-corrected chi connectivity index (χ1v) is 9.37. The first-order valence-electron chi connectivity index (χ1n) is 8.99. The first kappa shape index (κ1) is 17.7. The molecule has 0 unspecified atom stereocenters. The Morgan fingerprint density at radius 2 is 2.00 bits per heavy atom. The van der Waals surface area contributed by atoms with E-state index in [1.165, 1.54) is 0 Å². The molecule has 1 aromatic carbocycles. The lowest BCUT2D eigenvalue weighted by atomic mass is 10.1. The van der Waals surface area contributed by atoms with Gasteiger partial charge in [-0.1, -0.05) is 23.7 Å². The summed E-state index contributed by atoms with van der Waals surface area (Å²) in [6.45, 7) is 1.72. The van der Waals surface area contributed by atoms with E-state index >= 15 is 0 Å². The van der Waals surface area contributed by atoms with Crippen LogP contribution in [0.25, 0.3) is 11.3 Å². The Morgan fingerprint density at radius 1 is 1.22 bits per heavy atom.